The zero-order chi connectivity index (χ0) is 18.7. The average Bonchev–Trinajstić information content (AvgIpc) is 3.06. The molecule has 2 aromatic carbocycles. The van der Waals surface area contributed by atoms with Gasteiger partial charge in [0.25, 0.3) is 5.91 Å². The van der Waals surface area contributed by atoms with Crippen LogP contribution >= 0.6 is 11.3 Å². The second-order valence-corrected chi connectivity index (χ2v) is 6.59. The minimum Gasteiger partial charge on any atom is -0.497 e. The highest BCUT2D eigenvalue weighted by atomic mass is 32.1. The van der Waals surface area contributed by atoms with E-state index in [1.54, 1.807) is 36.8 Å². The second-order valence-electron chi connectivity index (χ2n) is 5.71. The smallest absolute Gasteiger partial charge is 0.339 e. The van der Waals surface area contributed by atoms with Crippen LogP contribution in [-0.4, -0.2) is 24.1 Å². The number of methoxy groups -OCH3 is 1. The monoisotopic (exact) mass is 367 g/mol. The molecule has 0 fully saturated rings. The van der Waals surface area contributed by atoms with Gasteiger partial charge in [0.15, 0.2) is 0 Å². The first kappa shape index (κ1) is 17.7. The summed E-state index contributed by atoms with van der Waals surface area (Å²) in [4.78, 5) is 24.2. The first-order valence-corrected chi connectivity index (χ1v) is 8.75. The predicted octanol–water partition coefficient (Wildman–Crippen LogP) is 4.68. The molecule has 1 heterocycles. The molecular weight excluding hydrogens is 350 g/mol. The molecule has 0 unspecified atom stereocenters. The van der Waals surface area contributed by atoms with Gasteiger partial charge in [-0.2, -0.15) is 0 Å². The topological polar surface area (TPSA) is 75.6 Å². The van der Waals surface area contributed by atoms with Crippen molar-refractivity contribution in [2.24, 2.45) is 0 Å². The maximum absolute atomic E-state index is 12.4. The van der Waals surface area contributed by atoms with Crippen LogP contribution in [0.15, 0.2) is 53.9 Å². The Hall–Kier alpha value is -3.12. The van der Waals surface area contributed by atoms with E-state index < -0.39 is 5.97 Å². The molecule has 5 nitrogen and oxygen atoms in total. The minimum atomic E-state index is -1.08. The number of nitrogens with one attached hydrogen (secondary N) is 1. The lowest BCUT2D eigenvalue weighted by Crippen LogP contribution is -2.13. The molecule has 3 aromatic rings. The molecule has 0 aliphatic carbocycles. The number of ether oxygens (including phenoxy) is 1. The fraction of sp³-hybridized carbons (Fsp3) is 0.100. The molecule has 1 amide bonds. The highest BCUT2D eigenvalue weighted by Crippen LogP contribution is 2.36. The highest BCUT2D eigenvalue weighted by molar-refractivity contribution is 7.15. The molecule has 0 aliphatic heterocycles. The van der Waals surface area contributed by atoms with Gasteiger partial charge in [-0.25, -0.2) is 4.79 Å². The molecule has 3 rings (SSSR count). The van der Waals surface area contributed by atoms with E-state index in [-0.39, 0.29) is 11.5 Å². The van der Waals surface area contributed by atoms with Crippen molar-refractivity contribution in [2.45, 2.75) is 6.92 Å². The third kappa shape index (κ3) is 3.60. The summed E-state index contributed by atoms with van der Waals surface area (Å²) in [7, 11) is 1.55. The molecule has 0 radical (unpaired) electrons. The Morgan fingerprint density at radius 1 is 1.04 bits per heavy atom. The fourth-order valence-electron chi connectivity index (χ4n) is 2.53. The largest absolute Gasteiger partial charge is 0.497 e. The van der Waals surface area contributed by atoms with Crippen LogP contribution in [0.3, 0.4) is 0 Å². The molecule has 0 bridgehead atoms. The van der Waals surface area contributed by atoms with Crippen LogP contribution in [0.1, 0.15) is 26.3 Å². The first-order valence-electron chi connectivity index (χ1n) is 7.87. The van der Waals surface area contributed by atoms with E-state index in [2.05, 4.69) is 5.32 Å². The van der Waals surface area contributed by atoms with Gasteiger partial charge in [0.1, 0.15) is 16.3 Å². The number of aryl methyl sites for hydroxylation is 1. The summed E-state index contributed by atoms with van der Waals surface area (Å²) in [5.41, 5.74) is 3.00. The normalized spacial score (nSPS) is 10.4. The zero-order valence-corrected chi connectivity index (χ0v) is 15.1. The number of hydrogen-bond acceptors (Lipinski definition) is 4. The van der Waals surface area contributed by atoms with Gasteiger partial charge in [-0.3, -0.25) is 4.79 Å². The number of thiophene rings is 1. The molecule has 0 atom stereocenters. The van der Waals surface area contributed by atoms with E-state index in [9.17, 15) is 14.7 Å². The summed E-state index contributed by atoms with van der Waals surface area (Å²) in [6.07, 6.45) is 0. The predicted molar refractivity (Wildman–Crippen MR) is 102 cm³/mol. The average molecular weight is 367 g/mol. The molecule has 132 valence electrons. The van der Waals surface area contributed by atoms with Gasteiger partial charge in [-0.1, -0.05) is 29.8 Å². The minimum absolute atomic E-state index is 0.0979. The van der Waals surface area contributed by atoms with Crippen LogP contribution in [-0.2, 0) is 0 Å². The number of amides is 1. The standard InChI is InChI=1S/C20H17NO4S/c1-12-3-5-13(6-4-12)16-11-26-19(17(16)20(23)24)21-18(22)14-7-9-15(25-2)10-8-14/h3-11H,1-2H3,(H,21,22)(H,23,24). The quantitative estimate of drug-likeness (QED) is 0.686. The van der Waals surface area contributed by atoms with Crippen LogP contribution in [0.2, 0.25) is 0 Å². The third-order valence-electron chi connectivity index (χ3n) is 3.95. The number of hydrogen-bond donors (Lipinski definition) is 2. The van der Waals surface area contributed by atoms with Crippen molar-refractivity contribution < 1.29 is 19.4 Å². The molecule has 0 aliphatic rings. The van der Waals surface area contributed by atoms with Crippen molar-refractivity contribution in [3.05, 3.63) is 70.6 Å². The van der Waals surface area contributed by atoms with Gasteiger partial charge in [-0.05, 0) is 36.8 Å². The van der Waals surface area contributed by atoms with Crippen LogP contribution in [0.5, 0.6) is 5.75 Å². The van der Waals surface area contributed by atoms with Crippen molar-refractivity contribution in [1.82, 2.24) is 0 Å². The number of carboxylic acid groups (broad SMARTS) is 1. The summed E-state index contributed by atoms with van der Waals surface area (Å²) < 4.78 is 5.07. The number of benzene rings is 2. The highest BCUT2D eigenvalue weighted by Gasteiger charge is 2.21. The summed E-state index contributed by atoms with van der Waals surface area (Å²) in [6, 6.07) is 14.2. The first-order chi connectivity index (χ1) is 12.5. The Balaban J connectivity index is 1.91. The maximum atomic E-state index is 12.4. The number of anilines is 1. The Kier molecular flexibility index (Phi) is 5.04. The Morgan fingerprint density at radius 2 is 1.69 bits per heavy atom. The molecule has 26 heavy (non-hydrogen) atoms. The number of carbonyl (C=O) groups is 2. The van der Waals surface area contributed by atoms with Gasteiger partial charge in [0, 0.05) is 16.5 Å². The van der Waals surface area contributed by atoms with E-state index >= 15 is 0 Å². The summed E-state index contributed by atoms with van der Waals surface area (Å²) in [5.74, 6) is -0.801. The molecule has 1 aromatic heterocycles. The summed E-state index contributed by atoms with van der Waals surface area (Å²) in [6.45, 7) is 1.97. The lowest BCUT2D eigenvalue weighted by atomic mass is 10.0. The van der Waals surface area contributed by atoms with Gasteiger partial charge in [0.05, 0.1) is 7.11 Å². The molecule has 0 spiro atoms. The lowest BCUT2D eigenvalue weighted by molar-refractivity contribution is 0.0699. The fourth-order valence-corrected chi connectivity index (χ4v) is 3.48. The van der Waals surface area contributed by atoms with E-state index in [0.29, 0.717) is 21.9 Å². The van der Waals surface area contributed by atoms with E-state index in [1.807, 2.05) is 31.2 Å². The van der Waals surface area contributed by atoms with E-state index in [0.717, 1.165) is 11.1 Å². The van der Waals surface area contributed by atoms with Gasteiger partial charge >= 0.3 is 5.97 Å². The van der Waals surface area contributed by atoms with Gasteiger partial charge in [-0.15, -0.1) is 11.3 Å². The SMILES string of the molecule is COc1ccc(C(=O)Nc2scc(-c3ccc(C)cc3)c2C(=O)O)cc1. The van der Waals surface area contributed by atoms with Crippen molar-refractivity contribution in [2.75, 3.05) is 12.4 Å². The Morgan fingerprint density at radius 3 is 2.27 bits per heavy atom. The molecule has 0 saturated carbocycles. The summed E-state index contributed by atoms with van der Waals surface area (Å²) >= 11 is 1.20. The number of carbonyl (C=O) groups excluding carboxylic acids is 1. The molecule has 2 N–H and O–H groups in total. The molecule has 0 saturated heterocycles. The molecule has 6 heteroatoms. The van der Waals surface area contributed by atoms with Gasteiger partial charge in [0.2, 0.25) is 0 Å². The van der Waals surface area contributed by atoms with Crippen LogP contribution < -0.4 is 10.1 Å². The van der Waals surface area contributed by atoms with E-state index in [1.165, 1.54) is 11.3 Å². The second kappa shape index (κ2) is 7.41. The van der Waals surface area contributed by atoms with Crippen molar-refractivity contribution in [3.8, 4) is 16.9 Å². The maximum Gasteiger partial charge on any atom is 0.339 e. The summed E-state index contributed by atoms with van der Waals surface area (Å²) in [5, 5.41) is 14.4. The van der Waals surface area contributed by atoms with Crippen molar-refractivity contribution in [1.29, 1.82) is 0 Å². The zero-order valence-electron chi connectivity index (χ0n) is 14.3. The van der Waals surface area contributed by atoms with E-state index in [4.69, 9.17) is 4.74 Å². The number of carboxylic acids is 1. The Bertz CT molecular complexity index is 943. The number of aromatic carboxylic acids is 1. The number of rotatable bonds is 5. The lowest BCUT2D eigenvalue weighted by Gasteiger charge is -2.07. The van der Waals surface area contributed by atoms with Crippen LogP contribution in [0, 0.1) is 6.92 Å². The third-order valence-corrected chi connectivity index (χ3v) is 4.84. The van der Waals surface area contributed by atoms with Crippen LogP contribution in [0.4, 0.5) is 5.00 Å². The van der Waals surface area contributed by atoms with Crippen molar-refractivity contribution in [3.63, 3.8) is 0 Å². The van der Waals surface area contributed by atoms with Crippen LogP contribution in [0.25, 0.3) is 11.1 Å². The molecular formula is C20H17NO4S. The van der Waals surface area contributed by atoms with Gasteiger partial charge < -0.3 is 15.2 Å². The van der Waals surface area contributed by atoms with Crippen molar-refractivity contribution >= 4 is 28.2 Å². The Labute approximate surface area is 154 Å².